The van der Waals surface area contributed by atoms with Crippen LogP contribution in [0, 0.1) is 20.8 Å². The third kappa shape index (κ3) is 13.5. The number of hydrogen-bond acceptors (Lipinski definition) is 6. The summed E-state index contributed by atoms with van der Waals surface area (Å²) < 4.78 is 2.29. The van der Waals surface area contributed by atoms with E-state index in [1.807, 2.05) is 41.5 Å². The van der Waals surface area contributed by atoms with Crippen LogP contribution < -0.4 is 32.0 Å². The third-order valence-electron chi connectivity index (χ3n) is 11.8. The summed E-state index contributed by atoms with van der Waals surface area (Å²) in [6, 6.07) is 34.1. The Morgan fingerprint density at radius 2 is 1.12 bits per heavy atom. The zero-order valence-corrected chi connectivity index (χ0v) is 40.2. The maximum absolute atomic E-state index is 6.40. The number of nitrogens with one attached hydrogen (secondary N) is 2. The Kier molecular flexibility index (Phi) is 19.4. The van der Waals surface area contributed by atoms with Gasteiger partial charge in [-0.05, 0) is 99.2 Å². The first-order valence-electron chi connectivity index (χ1n) is 24.1. The Hall–Kier alpha value is -5.99. The Morgan fingerprint density at radius 1 is 0.609 bits per heavy atom. The lowest BCUT2D eigenvalue weighted by atomic mass is 10.0. The van der Waals surface area contributed by atoms with Crippen molar-refractivity contribution in [1.82, 2.24) is 4.98 Å². The average Bonchev–Trinajstić information content (AvgIpc) is 3.31. The van der Waals surface area contributed by atoms with E-state index < -0.39 is 0 Å². The fourth-order valence-electron chi connectivity index (χ4n) is 8.17. The largest absolute Gasteiger partial charge is 0.399 e. The summed E-state index contributed by atoms with van der Waals surface area (Å²) in [5, 5.41) is 9.72. The first-order valence-corrected chi connectivity index (χ1v) is 24.1. The van der Waals surface area contributed by atoms with Crippen molar-refractivity contribution >= 4 is 61.9 Å². The van der Waals surface area contributed by atoms with Crippen LogP contribution in [-0.4, -0.2) is 23.8 Å². The molecule has 0 bridgehead atoms. The van der Waals surface area contributed by atoms with Crippen LogP contribution in [0.5, 0.6) is 0 Å². The van der Waals surface area contributed by atoms with Crippen LogP contribution in [0.1, 0.15) is 122 Å². The Labute approximate surface area is 384 Å². The van der Waals surface area contributed by atoms with Gasteiger partial charge in [-0.2, -0.15) is 0 Å². The molecule has 1 aliphatic carbocycles. The predicted octanol–water partition coefficient (Wildman–Crippen LogP) is 13.4. The molecule has 0 saturated carbocycles. The maximum atomic E-state index is 6.40. The quantitative estimate of drug-likeness (QED) is 0.0240. The number of para-hydroxylation sites is 2. The molecular weight excluding hydrogens is 785 g/mol. The molecule has 7 rings (SSSR count). The summed E-state index contributed by atoms with van der Waals surface area (Å²) >= 11 is 0. The standard InChI is InChI=1S/C52H62N8.2C2H6/c1-36-29-41(25-26-43(36)53)58-47-31-38(3)45(34-48(47)57-40-21-15-13-16-22-40)55-27-19-11-9-7-5-6-8-10-12-20-28-56-46-35-52-50(32-39(46)4)59-49-30-37(2)44(54)33-51(49)60(52)42-23-17-14-18-24-42;2*1-2/h13-18,21-24,26,29-35,55,57H,5-12,19-20,25,27-28,53H2,1-4H3,(H2,54,56);2*1-2H3/p+2. The summed E-state index contributed by atoms with van der Waals surface area (Å²) in [6.45, 7) is 18.4. The van der Waals surface area contributed by atoms with E-state index in [1.54, 1.807) is 0 Å². The van der Waals surface area contributed by atoms with E-state index in [-0.39, 0.29) is 0 Å². The van der Waals surface area contributed by atoms with Crippen LogP contribution in [-0.2, 0) is 0 Å². The van der Waals surface area contributed by atoms with Crippen molar-refractivity contribution in [3.63, 3.8) is 0 Å². The summed E-state index contributed by atoms with van der Waals surface area (Å²) in [4.78, 5) is 10.2. The summed E-state index contributed by atoms with van der Waals surface area (Å²) in [5.41, 5.74) is 30.5. The molecule has 0 amide bonds. The van der Waals surface area contributed by atoms with Gasteiger partial charge in [0.05, 0.1) is 0 Å². The van der Waals surface area contributed by atoms with E-state index in [1.165, 1.54) is 92.4 Å². The molecule has 0 atom stereocenters. The minimum atomic E-state index is 0.752. The van der Waals surface area contributed by atoms with Gasteiger partial charge in [-0.1, -0.05) is 122 Å². The molecule has 8 nitrogen and oxygen atoms in total. The SMILES string of the molecule is CC.CC.CC1=CC(=Nc2cc(C)c(NCCCCCCCCCCCCNc3cc4c(cc3C)nc3cc(C)c(N)cc3[n+]4-c3ccccc3)cc2[NH2+]c2ccccc2)CC=C1N. The minimum absolute atomic E-state index is 0.752. The second-order valence-corrected chi connectivity index (χ2v) is 16.6. The Bertz CT molecular complexity index is 2500. The van der Waals surface area contributed by atoms with Crippen LogP contribution in [0.15, 0.2) is 125 Å². The van der Waals surface area contributed by atoms with Crippen molar-refractivity contribution in [1.29, 1.82) is 0 Å². The van der Waals surface area contributed by atoms with Crippen molar-refractivity contribution in [2.75, 3.05) is 29.5 Å². The second-order valence-electron chi connectivity index (χ2n) is 16.6. The van der Waals surface area contributed by atoms with Gasteiger partial charge in [-0.15, -0.1) is 4.57 Å². The van der Waals surface area contributed by atoms with Crippen molar-refractivity contribution < 1.29 is 9.88 Å². The second kappa shape index (κ2) is 25.3. The summed E-state index contributed by atoms with van der Waals surface area (Å²) in [7, 11) is 0. The molecule has 1 aliphatic rings. The van der Waals surface area contributed by atoms with Gasteiger partial charge in [0.25, 0.3) is 0 Å². The van der Waals surface area contributed by atoms with Crippen LogP contribution in [0.2, 0.25) is 0 Å². The number of hydrogen-bond donors (Lipinski definition) is 5. The van der Waals surface area contributed by atoms with E-state index in [4.69, 9.17) is 21.4 Å². The summed E-state index contributed by atoms with van der Waals surface area (Å²) in [5.74, 6) is 0. The van der Waals surface area contributed by atoms with Gasteiger partial charge < -0.3 is 22.1 Å². The Balaban J connectivity index is 0.00000187. The van der Waals surface area contributed by atoms with E-state index in [9.17, 15) is 0 Å². The number of nitrogen functional groups attached to an aromatic ring is 1. The molecule has 338 valence electrons. The number of aliphatic imine (C=N–C) groups is 1. The third-order valence-corrected chi connectivity index (χ3v) is 11.8. The normalized spacial score (nSPS) is 12.8. The maximum Gasteiger partial charge on any atom is 0.239 e. The highest BCUT2D eigenvalue weighted by atomic mass is 15.0. The lowest BCUT2D eigenvalue weighted by Crippen LogP contribution is -2.71. The van der Waals surface area contributed by atoms with E-state index in [2.05, 4.69) is 144 Å². The number of nitrogens with two attached hydrogens (primary N) is 3. The zero-order chi connectivity index (χ0) is 45.8. The molecular formula is C56H76N8+2. The van der Waals surface area contributed by atoms with Crippen LogP contribution in [0.4, 0.5) is 34.1 Å². The number of aromatic nitrogens is 2. The van der Waals surface area contributed by atoms with Gasteiger partial charge in [0.15, 0.2) is 5.69 Å². The van der Waals surface area contributed by atoms with Crippen molar-refractivity contribution in [3.05, 3.63) is 137 Å². The smallest absolute Gasteiger partial charge is 0.239 e. The molecule has 0 fully saturated rings. The number of allylic oxidation sites excluding steroid dienone is 3. The number of aryl methyl sites for hydroxylation is 3. The molecule has 1 heterocycles. The van der Waals surface area contributed by atoms with E-state index in [0.717, 1.165) is 86.9 Å². The number of benzene rings is 5. The highest BCUT2D eigenvalue weighted by molar-refractivity contribution is 6.00. The number of nitrogens with zero attached hydrogens (tertiary/aromatic N) is 3. The zero-order valence-electron chi connectivity index (χ0n) is 40.2. The number of unbranched alkanes of at least 4 members (excludes halogenated alkanes) is 9. The molecule has 8 N–H and O–H groups in total. The predicted molar refractivity (Wildman–Crippen MR) is 277 cm³/mol. The first kappa shape index (κ1) is 49.0. The van der Waals surface area contributed by atoms with Gasteiger partial charge in [-0.25, -0.2) is 9.98 Å². The van der Waals surface area contributed by atoms with Crippen molar-refractivity contribution in [2.45, 2.75) is 126 Å². The van der Waals surface area contributed by atoms with Crippen LogP contribution >= 0.6 is 0 Å². The van der Waals surface area contributed by atoms with E-state index in [0.29, 0.717) is 0 Å². The lowest BCUT2D eigenvalue weighted by Gasteiger charge is -2.14. The first-order chi connectivity index (χ1) is 31.2. The minimum Gasteiger partial charge on any atom is -0.399 e. The lowest BCUT2D eigenvalue weighted by molar-refractivity contribution is -0.538. The number of quaternary nitrogens is 1. The summed E-state index contributed by atoms with van der Waals surface area (Å²) in [6.07, 6.45) is 17.7. The molecule has 1 aromatic heterocycles. The van der Waals surface area contributed by atoms with Crippen molar-refractivity contribution in [3.8, 4) is 5.69 Å². The molecule has 64 heavy (non-hydrogen) atoms. The number of rotatable bonds is 19. The van der Waals surface area contributed by atoms with Gasteiger partial charge in [0.1, 0.15) is 22.4 Å². The molecule has 0 spiro atoms. The molecule has 0 unspecified atom stereocenters. The van der Waals surface area contributed by atoms with E-state index >= 15 is 0 Å². The molecule has 0 aliphatic heterocycles. The highest BCUT2D eigenvalue weighted by Crippen LogP contribution is 2.31. The van der Waals surface area contributed by atoms with Gasteiger partial charge in [0.2, 0.25) is 16.7 Å². The van der Waals surface area contributed by atoms with Crippen LogP contribution in [0.25, 0.3) is 27.8 Å². The molecule has 0 radical (unpaired) electrons. The van der Waals surface area contributed by atoms with Crippen molar-refractivity contribution in [2.24, 2.45) is 10.7 Å². The fraction of sp³-hybridized carbons (Fsp3) is 0.375. The monoisotopic (exact) mass is 861 g/mol. The van der Waals surface area contributed by atoms with Crippen LogP contribution in [0.3, 0.4) is 0 Å². The molecule has 6 aromatic rings. The molecule has 8 heteroatoms. The number of anilines is 3. The molecule has 5 aromatic carbocycles. The molecule has 0 saturated heterocycles. The van der Waals surface area contributed by atoms with Gasteiger partial charge in [0, 0.05) is 78.3 Å². The Morgan fingerprint density at radius 3 is 1.72 bits per heavy atom. The van der Waals surface area contributed by atoms with Gasteiger partial charge in [-0.3, -0.25) is 5.32 Å². The topological polar surface area (TPSA) is 122 Å². The highest BCUT2D eigenvalue weighted by Gasteiger charge is 2.22. The number of fused-ring (bicyclic) bond motifs is 2. The fourth-order valence-corrected chi connectivity index (χ4v) is 8.17. The average molecular weight is 861 g/mol. The van der Waals surface area contributed by atoms with Gasteiger partial charge >= 0.3 is 0 Å².